The van der Waals surface area contributed by atoms with Gasteiger partial charge in [-0.25, -0.2) is 8.42 Å². The van der Waals surface area contributed by atoms with Gasteiger partial charge in [-0.3, -0.25) is 9.10 Å². The van der Waals surface area contributed by atoms with Gasteiger partial charge in [-0.2, -0.15) is 0 Å². The van der Waals surface area contributed by atoms with E-state index in [1.165, 1.54) is 0 Å². The monoisotopic (exact) mass is 422 g/mol. The third-order valence-corrected chi connectivity index (χ3v) is 6.71. The zero-order chi connectivity index (χ0) is 21.1. The SMILES string of the molecule is CCC(C)(C)NC(=O)CN(c1cc(Cl)ccc1C)S(=O)(=O)c1ccc(C)cc1. The van der Waals surface area contributed by atoms with Crippen molar-refractivity contribution in [3.05, 3.63) is 58.6 Å². The lowest BCUT2D eigenvalue weighted by Gasteiger charge is -2.29. The van der Waals surface area contributed by atoms with Crippen molar-refractivity contribution in [3.8, 4) is 0 Å². The van der Waals surface area contributed by atoms with E-state index in [4.69, 9.17) is 11.6 Å². The van der Waals surface area contributed by atoms with E-state index in [2.05, 4.69) is 5.32 Å². The van der Waals surface area contributed by atoms with Crippen molar-refractivity contribution in [2.45, 2.75) is 51.5 Å². The van der Waals surface area contributed by atoms with E-state index >= 15 is 0 Å². The Bertz CT molecular complexity index is 954. The first kappa shape index (κ1) is 22.2. The van der Waals surface area contributed by atoms with Crippen LogP contribution in [0.3, 0.4) is 0 Å². The minimum absolute atomic E-state index is 0.125. The molecule has 1 amide bonds. The lowest BCUT2D eigenvalue weighted by Crippen LogP contribution is -2.48. The highest BCUT2D eigenvalue weighted by molar-refractivity contribution is 7.92. The fourth-order valence-electron chi connectivity index (χ4n) is 2.62. The van der Waals surface area contributed by atoms with Crippen molar-refractivity contribution in [3.63, 3.8) is 0 Å². The molecule has 152 valence electrons. The van der Waals surface area contributed by atoms with Crippen LogP contribution in [0.4, 0.5) is 5.69 Å². The van der Waals surface area contributed by atoms with Gasteiger partial charge in [-0.15, -0.1) is 0 Å². The molecule has 0 saturated carbocycles. The van der Waals surface area contributed by atoms with E-state index in [9.17, 15) is 13.2 Å². The van der Waals surface area contributed by atoms with Gasteiger partial charge in [0.05, 0.1) is 10.6 Å². The van der Waals surface area contributed by atoms with Crippen molar-refractivity contribution < 1.29 is 13.2 Å². The lowest BCUT2D eigenvalue weighted by atomic mass is 10.0. The van der Waals surface area contributed by atoms with E-state index in [0.717, 1.165) is 16.3 Å². The molecule has 0 radical (unpaired) electrons. The number of hydrogen-bond acceptors (Lipinski definition) is 3. The maximum atomic E-state index is 13.4. The summed E-state index contributed by atoms with van der Waals surface area (Å²) < 4.78 is 27.9. The van der Waals surface area contributed by atoms with E-state index in [0.29, 0.717) is 16.3 Å². The second kappa shape index (κ2) is 8.53. The molecule has 2 rings (SSSR count). The smallest absolute Gasteiger partial charge is 0.264 e. The highest BCUT2D eigenvalue weighted by atomic mass is 35.5. The molecule has 5 nitrogen and oxygen atoms in total. The molecular weight excluding hydrogens is 396 g/mol. The van der Waals surface area contributed by atoms with Gasteiger partial charge >= 0.3 is 0 Å². The normalized spacial score (nSPS) is 11.9. The highest BCUT2D eigenvalue weighted by Gasteiger charge is 2.30. The number of nitrogens with one attached hydrogen (secondary N) is 1. The molecule has 2 aromatic carbocycles. The second-order valence-electron chi connectivity index (χ2n) is 7.54. The van der Waals surface area contributed by atoms with Crippen molar-refractivity contribution >= 4 is 33.2 Å². The Labute approximate surface area is 172 Å². The van der Waals surface area contributed by atoms with Crippen LogP contribution in [-0.4, -0.2) is 26.4 Å². The number of amides is 1. The minimum Gasteiger partial charge on any atom is -0.350 e. The van der Waals surface area contributed by atoms with Crippen LogP contribution in [-0.2, 0) is 14.8 Å². The number of anilines is 1. The van der Waals surface area contributed by atoms with Crippen LogP contribution in [0.5, 0.6) is 0 Å². The summed E-state index contributed by atoms with van der Waals surface area (Å²) in [4.78, 5) is 12.8. The summed E-state index contributed by atoms with van der Waals surface area (Å²) in [6.07, 6.45) is 0.722. The van der Waals surface area contributed by atoms with Gasteiger partial charge in [-0.1, -0.05) is 42.3 Å². The standard InChI is InChI=1S/C21H27ClN2O3S/c1-6-21(4,5)23-20(25)14-24(19-13-17(22)10-9-16(19)3)28(26,27)18-11-7-15(2)8-12-18/h7-13H,6,14H2,1-5H3,(H,23,25). The Morgan fingerprint density at radius 2 is 1.71 bits per heavy atom. The number of carbonyl (C=O) groups is 1. The van der Waals surface area contributed by atoms with Gasteiger partial charge in [0.15, 0.2) is 0 Å². The number of nitrogens with zero attached hydrogens (tertiary/aromatic N) is 1. The number of hydrogen-bond donors (Lipinski definition) is 1. The molecule has 0 fully saturated rings. The third-order valence-electron chi connectivity index (χ3n) is 4.70. The van der Waals surface area contributed by atoms with Crippen LogP contribution in [0.2, 0.25) is 5.02 Å². The molecule has 0 saturated heterocycles. The van der Waals surface area contributed by atoms with Crippen molar-refractivity contribution in [2.24, 2.45) is 0 Å². The number of carbonyl (C=O) groups excluding carboxylic acids is 1. The van der Waals surface area contributed by atoms with Crippen LogP contribution < -0.4 is 9.62 Å². The highest BCUT2D eigenvalue weighted by Crippen LogP contribution is 2.29. The molecule has 0 atom stereocenters. The average Bonchev–Trinajstić information content (AvgIpc) is 2.62. The summed E-state index contributed by atoms with van der Waals surface area (Å²) in [6.45, 7) is 9.10. The molecule has 0 bridgehead atoms. The van der Waals surface area contributed by atoms with Gasteiger partial charge in [-0.05, 0) is 63.9 Å². The fourth-order valence-corrected chi connectivity index (χ4v) is 4.27. The van der Waals surface area contributed by atoms with E-state index in [1.54, 1.807) is 49.4 Å². The van der Waals surface area contributed by atoms with Crippen LogP contribution in [0, 0.1) is 13.8 Å². The van der Waals surface area contributed by atoms with Gasteiger partial charge < -0.3 is 5.32 Å². The molecule has 28 heavy (non-hydrogen) atoms. The summed E-state index contributed by atoms with van der Waals surface area (Å²) >= 11 is 6.12. The fraction of sp³-hybridized carbons (Fsp3) is 0.381. The number of halogens is 1. The summed E-state index contributed by atoms with van der Waals surface area (Å²) in [7, 11) is -3.95. The molecular formula is C21H27ClN2O3S. The van der Waals surface area contributed by atoms with Crippen molar-refractivity contribution in [1.82, 2.24) is 5.32 Å². The molecule has 0 heterocycles. The third kappa shape index (κ3) is 5.26. The number of rotatable bonds is 7. The number of aryl methyl sites for hydroxylation is 2. The molecule has 1 N–H and O–H groups in total. The first-order chi connectivity index (χ1) is 13.0. The molecule has 0 spiro atoms. The molecule has 0 aliphatic rings. The first-order valence-corrected chi connectivity index (χ1v) is 10.9. The van der Waals surface area contributed by atoms with Crippen molar-refractivity contribution in [2.75, 3.05) is 10.8 Å². The van der Waals surface area contributed by atoms with E-state index in [-0.39, 0.29) is 17.3 Å². The maximum Gasteiger partial charge on any atom is 0.264 e. The first-order valence-electron chi connectivity index (χ1n) is 9.13. The summed E-state index contributed by atoms with van der Waals surface area (Å²) in [5.74, 6) is -0.373. The molecule has 0 aliphatic heterocycles. The molecule has 2 aromatic rings. The number of benzene rings is 2. The van der Waals surface area contributed by atoms with Crippen LogP contribution in [0.25, 0.3) is 0 Å². The molecule has 0 aromatic heterocycles. The molecule has 0 unspecified atom stereocenters. The second-order valence-corrected chi connectivity index (χ2v) is 9.84. The van der Waals surface area contributed by atoms with E-state index in [1.807, 2.05) is 27.7 Å². The summed E-state index contributed by atoms with van der Waals surface area (Å²) in [5.41, 5.74) is 1.62. The topological polar surface area (TPSA) is 66.5 Å². The predicted octanol–water partition coefficient (Wildman–Crippen LogP) is 4.46. The summed E-state index contributed by atoms with van der Waals surface area (Å²) in [6, 6.07) is 11.6. The van der Waals surface area contributed by atoms with Gasteiger partial charge in [0.1, 0.15) is 6.54 Å². The average molecular weight is 423 g/mol. The van der Waals surface area contributed by atoms with Gasteiger partial charge in [0.25, 0.3) is 10.0 Å². The zero-order valence-electron chi connectivity index (χ0n) is 16.9. The Hall–Kier alpha value is -2.05. The zero-order valence-corrected chi connectivity index (χ0v) is 18.5. The van der Waals surface area contributed by atoms with Gasteiger partial charge in [0, 0.05) is 10.6 Å². The summed E-state index contributed by atoms with van der Waals surface area (Å²) in [5, 5.41) is 3.30. The number of sulfonamides is 1. The van der Waals surface area contributed by atoms with Gasteiger partial charge in [0.2, 0.25) is 5.91 Å². The largest absolute Gasteiger partial charge is 0.350 e. The predicted molar refractivity (Wildman–Crippen MR) is 114 cm³/mol. The maximum absolute atomic E-state index is 13.4. The Kier molecular flexibility index (Phi) is 6.78. The van der Waals surface area contributed by atoms with Crippen LogP contribution in [0.1, 0.15) is 38.3 Å². The lowest BCUT2D eigenvalue weighted by molar-refractivity contribution is -0.121. The molecule has 0 aliphatic carbocycles. The van der Waals surface area contributed by atoms with Crippen molar-refractivity contribution in [1.29, 1.82) is 0 Å². The van der Waals surface area contributed by atoms with Crippen LogP contribution in [0.15, 0.2) is 47.4 Å². The Morgan fingerprint density at radius 1 is 1.11 bits per heavy atom. The minimum atomic E-state index is -3.95. The Balaban J connectivity index is 2.51. The molecule has 7 heteroatoms. The van der Waals surface area contributed by atoms with E-state index < -0.39 is 15.6 Å². The Morgan fingerprint density at radius 3 is 2.29 bits per heavy atom. The quantitative estimate of drug-likeness (QED) is 0.716. The van der Waals surface area contributed by atoms with Crippen LogP contribution >= 0.6 is 11.6 Å².